The smallest absolute Gasteiger partial charge is 0.243 e. The SMILES string of the molecule is CC(C)[C@H](N)C(=O)NCC(=O)Nc1ccc(F)c(NS(C)(=O)=O)c1.Cl. The lowest BCUT2D eigenvalue weighted by Crippen LogP contribution is -2.46. The molecule has 0 aliphatic heterocycles. The van der Waals surface area contributed by atoms with Gasteiger partial charge in [-0.2, -0.15) is 0 Å². The largest absolute Gasteiger partial charge is 0.346 e. The van der Waals surface area contributed by atoms with E-state index in [1.807, 2.05) is 4.72 Å². The van der Waals surface area contributed by atoms with E-state index in [1.165, 1.54) is 6.07 Å². The van der Waals surface area contributed by atoms with Crippen LogP contribution >= 0.6 is 12.4 Å². The predicted molar refractivity (Wildman–Crippen MR) is 96.6 cm³/mol. The van der Waals surface area contributed by atoms with Crippen molar-refractivity contribution in [1.29, 1.82) is 0 Å². The fourth-order valence-corrected chi connectivity index (χ4v) is 2.23. The van der Waals surface area contributed by atoms with Crippen LogP contribution < -0.4 is 21.1 Å². The molecule has 0 aromatic heterocycles. The summed E-state index contributed by atoms with van der Waals surface area (Å²) in [4.78, 5) is 23.4. The van der Waals surface area contributed by atoms with Crippen molar-refractivity contribution >= 4 is 45.6 Å². The van der Waals surface area contributed by atoms with E-state index >= 15 is 0 Å². The molecule has 0 bridgehead atoms. The molecule has 0 heterocycles. The summed E-state index contributed by atoms with van der Waals surface area (Å²) in [6, 6.07) is 2.68. The van der Waals surface area contributed by atoms with Crippen molar-refractivity contribution in [2.45, 2.75) is 19.9 Å². The summed E-state index contributed by atoms with van der Waals surface area (Å²) < 4.78 is 37.9. The van der Waals surface area contributed by atoms with Crippen LogP contribution in [0.3, 0.4) is 0 Å². The minimum Gasteiger partial charge on any atom is -0.346 e. The number of benzene rings is 1. The molecular formula is C14H22ClFN4O4S. The molecule has 0 spiro atoms. The zero-order chi connectivity index (χ0) is 18.5. The van der Waals surface area contributed by atoms with Gasteiger partial charge in [0.2, 0.25) is 21.8 Å². The van der Waals surface area contributed by atoms with E-state index in [1.54, 1.807) is 13.8 Å². The molecule has 1 aromatic rings. The van der Waals surface area contributed by atoms with E-state index in [2.05, 4.69) is 10.6 Å². The van der Waals surface area contributed by atoms with E-state index < -0.39 is 33.7 Å². The van der Waals surface area contributed by atoms with Crippen LogP contribution in [-0.2, 0) is 19.6 Å². The lowest BCUT2D eigenvalue weighted by atomic mass is 10.1. The molecule has 2 amide bonds. The van der Waals surface area contributed by atoms with Crippen molar-refractivity contribution in [2.24, 2.45) is 11.7 Å². The third-order valence-corrected chi connectivity index (χ3v) is 3.58. The van der Waals surface area contributed by atoms with E-state index in [4.69, 9.17) is 5.73 Å². The molecular weight excluding hydrogens is 375 g/mol. The highest BCUT2D eigenvalue weighted by Gasteiger charge is 2.17. The Labute approximate surface area is 152 Å². The molecule has 142 valence electrons. The van der Waals surface area contributed by atoms with E-state index in [0.29, 0.717) is 0 Å². The van der Waals surface area contributed by atoms with E-state index in [0.717, 1.165) is 18.4 Å². The van der Waals surface area contributed by atoms with Gasteiger partial charge in [0.15, 0.2) is 0 Å². The first-order valence-corrected chi connectivity index (χ1v) is 8.99. The van der Waals surface area contributed by atoms with Gasteiger partial charge in [-0.05, 0) is 24.1 Å². The first-order valence-electron chi connectivity index (χ1n) is 7.10. The molecule has 0 aliphatic rings. The zero-order valence-corrected chi connectivity index (χ0v) is 15.6. The van der Waals surface area contributed by atoms with Gasteiger partial charge in [0.25, 0.3) is 0 Å². The maximum Gasteiger partial charge on any atom is 0.243 e. The fourth-order valence-electron chi connectivity index (χ4n) is 1.67. The molecule has 0 aliphatic carbocycles. The molecule has 5 N–H and O–H groups in total. The van der Waals surface area contributed by atoms with Crippen LogP contribution in [0.15, 0.2) is 18.2 Å². The third-order valence-electron chi connectivity index (χ3n) is 2.99. The Bertz CT molecular complexity index is 728. The predicted octanol–water partition coefficient (Wildman–Crippen LogP) is 0.657. The minimum absolute atomic E-state index is 0. The Morgan fingerprint density at radius 3 is 2.40 bits per heavy atom. The van der Waals surface area contributed by atoms with Crippen molar-refractivity contribution in [1.82, 2.24) is 5.32 Å². The maximum absolute atomic E-state index is 13.5. The lowest BCUT2D eigenvalue weighted by Gasteiger charge is -2.15. The summed E-state index contributed by atoms with van der Waals surface area (Å²) in [6.45, 7) is 3.24. The minimum atomic E-state index is -3.66. The summed E-state index contributed by atoms with van der Waals surface area (Å²) in [6.07, 6.45) is 0.880. The van der Waals surface area contributed by atoms with Crippen LogP contribution in [0.2, 0.25) is 0 Å². The molecule has 8 nitrogen and oxygen atoms in total. The van der Waals surface area contributed by atoms with Gasteiger partial charge in [0.05, 0.1) is 24.5 Å². The molecule has 25 heavy (non-hydrogen) atoms. The number of hydrogen-bond acceptors (Lipinski definition) is 5. The third kappa shape index (κ3) is 8.14. The highest BCUT2D eigenvalue weighted by atomic mass is 35.5. The van der Waals surface area contributed by atoms with Gasteiger partial charge in [-0.15, -0.1) is 12.4 Å². The highest BCUT2D eigenvalue weighted by Crippen LogP contribution is 2.20. The van der Waals surface area contributed by atoms with Gasteiger partial charge < -0.3 is 16.4 Å². The number of rotatable bonds is 7. The van der Waals surface area contributed by atoms with Crippen molar-refractivity contribution in [3.05, 3.63) is 24.0 Å². The van der Waals surface area contributed by atoms with Crippen LogP contribution in [0.4, 0.5) is 15.8 Å². The second kappa shape index (κ2) is 9.54. The van der Waals surface area contributed by atoms with Crippen LogP contribution in [0.25, 0.3) is 0 Å². The Morgan fingerprint density at radius 1 is 1.28 bits per heavy atom. The average molecular weight is 397 g/mol. The van der Waals surface area contributed by atoms with E-state index in [9.17, 15) is 22.4 Å². The molecule has 0 saturated heterocycles. The normalized spacial score (nSPS) is 12.1. The Morgan fingerprint density at radius 2 is 1.88 bits per heavy atom. The first-order chi connectivity index (χ1) is 11.0. The molecule has 0 saturated carbocycles. The molecule has 1 atom stereocenters. The topological polar surface area (TPSA) is 130 Å². The average Bonchev–Trinajstić information content (AvgIpc) is 2.45. The quantitative estimate of drug-likeness (QED) is 0.537. The summed E-state index contributed by atoms with van der Waals surface area (Å²) in [5.74, 6) is -1.88. The van der Waals surface area contributed by atoms with Gasteiger partial charge >= 0.3 is 0 Å². The second-order valence-corrected chi connectivity index (χ2v) is 7.35. The van der Waals surface area contributed by atoms with Crippen LogP contribution in [0.1, 0.15) is 13.8 Å². The van der Waals surface area contributed by atoms with Crippen LogP contribution in [0, 0.1) is 11.7 Å². The van der Waals surface area contributed by atoms with Gasteiger partial charge in [-0.3, -0.25) is 14.3 Å². The van der Waals surface area contributed by atoms with Crippen molar-refractivity contribution < 1.29 is 22.4 Å². The number of sulfonamides is 1. The van der Waals surface area contributed by atoms with E-state index in [-0.39, 0.29) is 36.2 Å². The monoisotopic (exact) mass is 396 g/mol. The summed E-state index contributed by atoms with van der Waals surface area (Å²) in [5, 5.41) is 4.81. The molecule has 1 aromatic carbocycles. The van der Waals surface area contributed by atoms with Crippen molar-refractivity contribution in [3.63, 3.8) is 0 Å². The Balaban J connectivity index is 0.00000576. The zero-order valence-electron chi connectivity index (χ0n) is 14.0. The number of carbonyl (C=O) groups excluding carboxylic acids is 2. The molecule has 1 rings (SSSR count). The molecule has 0 radical (unpaired) electrons. The van der Waals surface area contributed by atoms with Crippen LogP contribution in [-0.4, -0.2) is 39.1 Å². The Hall–Kier alpha value is -1.91. The summed E-state index contributed by atoms with van der Waals surface area (Å²) >= 11 is 0. The first kappa shape index (κ1) is 23.1. The lowest BCUT2D eigenvalue weighted by molar-refractivity contribution is -0.125. The highest BCUT2D eigenvalue weighted by molar-refractivity contribution is 7.92. The number of halogens is 2. The number of carbonyl (C=O) groups is 2. The van der Waals surface area contributed by atoms with Gasteiger partial charge in [0.1, 0.15) is 5.82 Å². The number of nitrogens with two attached hydrogens (primary N) is 1. The number of hydrogen-bond donors (Lipinski definition) is 4. The molecule has 11 heteroatoms. The number of nitrogens with one attached hydrogen (secondary N) is 3. The maximum atomic E-state index is 13.5. The molecule has 0 unspecified atom stereocenters. The number of amides is 2. The van der Waals surface area contributed by atoms with Crippen molar-refractivity contribution in [3.8, 4) is 0 Å². The van der Waals surface area contributed by atoms with Gasteiger partial charge in [-0.25, -0.2) is 12.8 Å². The molecule has 0 fully saturated rings. The van der Waals surface area contributed by atoms with Crippen LogP contribution in [0.5, 0.6) is 0 Å². The van der Waals surface area contributed by atoms with Gasteiger partial charge in [0, 0.05) is 5.69 Å². The summed E-state index contributed by atoms with van der Waals surface area (Å²) in [7, 11) is -3.66. The standard InChI is InChI=1S/C14H21FN4O4S.ClH/c1-8(2)13(16)14(21)17-7-12(20)18-9-4-5-10(15)11(6-9)19-24(3,22)23;/h4-6,8,13,19H,7,16H2,1-3H3,(H,17,21)(H,18,20);1H/t13-;/m0./s1. The fraction of sp³-hybridized carbons (Fsp3) is 0.429. The Kier molecular flexibility index (Phi) is 8.81. The summed E-state index contributed by atoms with van der Waals surface area (Å²) in [5.41, 5.74) is 5.53. The van der Waals surface area contributed by atoms with Crippen molar-refractivity contribution in [2.75, 3.05) is 22.8 Å². The number of anilines is 2. The van der Waals surface area contributed by atoms with Gasteiger partial charge in [-0.1, -0.05) is 13.8 Å². The second-order valence-electron chi connectivity index (χ2n) is 5.60.